The number of aromatic nitrogens is 2. The summed E-state index contributed by atoms with van der Waals surface area (Å²) >= 11 is 0. The van der Waals surface area contributed by atoms with E-state index in [4.69, 9.17) is 0 Å². The highest BCUT2D eigenvalue weighted by molar-refractivity contribution is 5.75. The van der Waals surface area contributed by atoms with Gasteiger partial charge >= 0.3 is 0 Å². The Morgan fingerprint density at radius 2 is 2.56 bits per heavy atom. The van der Waals surface area contributed by atoms with Crippen molar-refractivity contribution in [2.75, 3.05) is 0 Å². The third kappa shape index (κ3) is 0.614. The van der Waals surface area contributed by atoms with Gasteiger partial charge in [-0.15, -0.1) is 0 Å². The van der Waals surface area contributed by atoms with E-state index >= 15 is 0 Å². The van der Waals surface area contributed by atoms with Gasteiger partial charge in [0, 0.05) is 0 Å². The molecule has 0 fully saturated rings. The van der Waals surface area contributed by atoms with E-state index in [1.54, 1.807) is 12.4 Å². The van der Waals surface area contributed by atoms with Crippen LogP contribution in [0.3, 0.4) is 0 Å². The normalized spacial score (nSPS) is 13.8. The minimum Gasteiger partial charge on any atom is -0.251 e. The fraction of sp³-hybridized carbons (Fsp3) is 0.167. The van der Waals surface area contributed by atoms with Crippen molar-refractivity contribution in [1.82, 2.24) is 4.98 Å². The van der Waals surface area contributed by atoms with Gasteiger partial charge in [0.1, 0.15) is 12.4 Å². The summed E-state index contributed by atoms with van der Waals surface area (Å²) in [6.45, 7) is 0.748. The smallest absolute Gasteiger partial charge is 0.243 e. The van der Waals surface area contributed by atoms with E-state index in [1.165, 1.54) is 0 Å². The van der Waals surface area contributed by atoms with Crippen LogP contribution in [0.5, 0.6) is 0 Å². The molecule has 0 N–H and O–H groups in total. The van der Waals surface area contributed by atoms with E-state index in [-0.39, 0.29) is 0 Å². The van der Waals surface area contributed by atoms with Crippen LogP contribution in [0.25, 0.3) is 0 Å². The molecular weight excluding hydrogens is 114 g/mol. The van der Waals surface area contributed by atoms with Crippen LogP contribution in [0.15, 0.2) is 23.6 Å². The van der Waals surface area contributed by atoms with Crippen LogP contribution in [0.1, 0.15) is 5.69 Å². The lowest BCUT2D eigenvalue weighted by Crippen LogP contribution is -2.33. The molecule has 1 aliphatic heterocycles. The van der Waals surface area contributed by atoms with Gasteiger partial charge in [-0.3, -0.25) is 4.98 Å². The first-order valence-electron chi connectivity index (χ1n) is 2.80. The van der Waals surface area contributed by atoms with Gasteiger partial charge in [0.05, 0.1) is 6.20 Å². The zero-order valence-electron chi connectivity index (χ0n) is 4.86. The Hall–Kier alpha value is -1.25. The average Bonchev–Trinajstić information content (AvgIpc) is 2.33. The molecule has 0 radical (unpaired) electrons. The summed E-state index contributed by atoms with van der Waals surface area (Å²) < 4.78 is 2.03. The summed E-state index contributed by atoms with van der Waals surface area (Å²) in [5, 5.41) is 0. The van der Waals surface area contributed by atoms with Gasteiger partial charge in [-0.2, -0.15) is 4.57 Å². The van der Waals surface area contributed by atoms with Gasteiger partial charge in [0.25, 0.3) is 0 Å². The predicted molar refractivity (Wildman–Crippen MR) is 32.0 cm³/mol. The molecule has 0 saturated heterocycles. The molecule has 0 atom stereocenters. The number of rotatable bonds is 0. The Bertz CT molecular complexity index is 254. The Morgan fingerprint density at radius 1 is 1.56 bits per heavy atom. The van der Waals surface area contributed by atoms with E-state index in [2.05, 4.69) is 9.98 Å². The number of aliphatic imine (C=N–C) groups is 1. The summed E-state index contributed by atoms with van der Waals surface area (Å²) in [6, 6.07) is 0. The zero-order chi connectivity index (χ0) is 6.10. The van der Waals surface area contributed by atoms with E-state index in [0.29, 0.717) is 0 Å². The maximum Gasteiger partial charge on any atom is 0.243 e. The van der Waals surface area contributed by atoms with Crippen LogP contribution in [0, 0.1) is 0 Å². The average molecular weight is 120 g/mol. The van der Waals surface area contributed by atoms with Crippen LogP contribution < -0.4 is 4.57 Å². The van der Waals surface area contributed by atoms with Crippen molar-refractivity contribution in [3.8, 4) is 0 Å². The molecule has 1 aromatic rings. The molecule has 0 saturated carbocycles. The van der Waals surface area contributed by atoms with Gasteiger partial charge in [-0.1, -0.05) is 0 Å². The quantitative estimate of drug-likeness (QED) is 0.434. The minimum atomic E-state index is 0.748. The van der Waals surface area contributed by atoms with E-state index in [0.717, 1.165) is 12.4 Å². The third-order valence-corrected chi connectivity index (χ3v) is 1.33. The fourth-order valence-electron chi connectivity index (χ4n) is 0.857. The monoisotopic (exact) mass is 120 g/mol. The molecule has 0 spiro atoms. The molecule has 0 amide bonds. The number of nitrogens with zero attached hydrogens (tertiary/aromatic N) is 3. The Labute approximate surface area is 52.7 Å². The Kier molecular flexibility index (Phi) is 0.828. The number of hydrogen-bond acceptors (Lipinski definition) is 2. The van der Waals surface area contributed by atoms with Crippen molar-refractivity contribution in [1.29, 1.82) is 0 Å². The highest BCUT2D eigenvalue weighted by atomic mass is 15.1. The number of fused-ring (bicyclic) bond motifs is 1. The van der Waals surface area contributed by atoms with Crippen LogP contribution in [0.2, 0.25) is 0 Å². The molecule has 44 valence electrons. The molecule has 3 nitrogen and oxygen atoms in total. The third-order valence-electron chi connectivity index (χ3n) is 1.33. The zero-order valence-corrected chi connectivity index (χ0v) is 4.86. The van der Waals surface area contributed by atoms with Gasteiger partial charge in [-0.05, 0) is 0 Å². The van der Waals surface area contributed by atoms with E-state index < -0.39 is 0 Å². The van der Waals surface area contributed by atoms with Crippen LogP contribution >= 0.6 is 0 Å². The van der Waals surface area contributed by atoms with Crippen molar-refractivity contribution < 1.29 is 4.57 Å². The molecule has 2 rings (SSSR count). The standard InChI is InChI=1S/C6H6N3/c1-2-9-5-8-4-6(9)3-7-1/h1-4H,5H2/q+1. The fourth-order valence-corrected chi connectivity index (χ4v) is 0.857. The van der Waals surface area contributed by atoms with Crippen molar-refractivity contribution in [3.63, 3.8) is 0 Å². The molecule has 0 unspecified atom stereocenters. The molecule has 1 aliphatic rings. The molecule has 9 heavy (non-hydrogen) atoms. The molecule has 0 aliphatic carbocycles. The summed E-state index contributed by atoms with van der Waals surface area (Å²) in [5.74, 6) is 0. The van der Waals surface area contributed by atoms with Crippen molar-refractivity contribution in [3.05, 3.63) is 24.3 Å². The highest BCUT2D eigenvalue weighted by Gasteiger charge is 2.10. The van der Waals surface area contributed by atoms with Gasteiger partial charge in [-0.25, -0.2) is 4.99 Å². The molecule has 3 heteroatoms. The van der Waals surface area contributed by atoms with Gasteiger partial charge in [0.2, 0.25) is 12.4 Å². The second kappa shape index (κ2) is 1.62. The molecule has 0 aromatic carbocycles. The molecular formula is C6H6N3+. The molecule has 2 heterocycles. The van der Waals surface area contributed by atoms with Crippen molar-refractivity contribution in [2.24, 2.45) is 4.99 Å². The second-order valence-corrected chi connectivity index (χ2v) is 1.92. The predicted octanol–water partition coefficient (Wildman–Crippen LogP) is -0.241. The van der Waals surface area contributed by atoms with Crippen molar-refractivity contribution in [2.45, 2.75) is 6.67 Å². The first-order chi connectivity index (χ1) is 4.47. The lowest BCUT2D eigenvalue weighted by atomic mass is 10.5. The highest BCUT2D eigenvalue weighted by Crippen LogP contribution is 1.89. The van der Waals surface area contributed by atoms with Gasteiger partial charge < -0.3 is 0 Å². The number of hydrogen-bond donors (Lipinski definition) is 0. The van der Waals surface area contributed by atoms with E-state index in [1.807, 2.05) is 17.0 Å². The summed E-state index contributed by atoms with van der Waals surface area (Å²) in [6.07, 6.45) is 7.31. The molecule has 1 aromatic heterocycles. The minimum absolute atomic E-state index is 0.748. The maximum absolute atomic E-state index is 4.05. The largest absolute Gasteiger partial charge is 0.251 e. The first-order valence-corrected chi connectivity index (χ1v) is 2.80. The van der Waals surface area contributed by atoms with Crippen molar-refractivity contribution >= 4 is 6.21 Å². The lowest BCUT2D eigenvalue weighted by Gasteiger charge is -1.84. The van der Waals surface area contributed by atoms with Crippen LogP contribution in [0.4, 0.5) is 0 Å². The van der Waals surface area contributed by atoms with Gasteiger partial charge in [0.15, 0.2) is 6.20 Å². The first kappa shape index (κ1) is 4.61. The van der Waals surface area contributed by atoms with E-state index in [9.17, 15) is 0 Å². The Balaban J connectivity index is 2.63. The molecule has 0 bridgehead atoms. The summed E-state index contributed by atoms with van der Waals surface area (Å²) in [4.78, 5) is 7.99. The summed E-state index contributed by atoms with van der Waals surface area (Å²) in [7, 11) is 0. The topological polar surface area (TPSA) is 29.1 Å². The van der Waals surface area contributed by atoms with Crippen LogP contribution in [-0.4, -0.2) is 11.2 Å². The summed E-state index contributed by atoms with van der Waals surface area (Å²) in [5.41, 5.74) is 1.08. The second-order valence-electron chi connectivity index (χ2n) is 1.92. The Morgan fingerprint density at radius 3 is 3.44 bits per heavy atom. The maximum atomic E-state index is 4.05. The lowest BCUT2D eigenvalue weighted by molar-refractivity contribution is -0.691. The van der Waals surface area contributed by atoms with Crippen LogP contribution in [-0.2, 0) is 6.67 Å². The SMILES string of the molecule is C1=NC[n+]2ccncc21.